The summed E-state index contributed by atoms with van der Waals surface area (Å²) in [7, 11) is 0. The lowest BCUT2D eigenvalue weighted by molar-refractivity contribution is 0.0971. The van der Waals surface area contributed by atoms with E-state index < -0.39 is 11.9 Å². The summed E-state index contributed by atoms with van der Waals surface area (Å²) in [5, 5.41) is 0.383. The smallest absolute Gasteiger partial charge is 0.295 e. The van der Waals surface area contributed by atoms with Gasteiger partial charge in [0, 0.05) is 10.2 Å². The van der Waals surface area contributed by atoms with Crippen molar-refractivity contribution in [1.29, 1.82) is 0 Å². The van der Waals surface area contributed by atoms with Crippen molar-refractivity contribution < 1.29 is 13.6 Å². The quantitative estimate of drug-likeness (QED) is 0.380. The number of anilines is 1. The second kappa shape index (κ2) is 6.92. The molecule has 0 aliphatic carbocycles. The lowest BCUT2D eigenvalue weighted by Gasteiger charge is -2.25. The normalized spacial score (nSPS) is 15.6. The number of benzene rings is 3. The molecule has 1 aromatic heterocycles. The number of amides is 1. The monoisotopic (exact) mass is 463 g/mol. The number of nitrogens with zero attached hydrogens (tertiary/aromatic N) is 1. The van der Waals surface area contributed by atoms with Gasteiger partial charge in [0.25, 0.3) is 5.91 Å². The fraction of sp³-hybridized carbons (Fsp3) is 0.0833. The van der Waals surface area contributed by atoms with Crippen molar-refractivity contribution in [2.45, 2.75) is 13.0 Å². The van der Waals surface area contributed by atoms with E-state index in [4.69, 9.17) is 4.42 Å². The minimum Gasteiger partial charge on any atom is -0.450 e. The maximum absolute atomic E-state index is 13.6. The Labute approximate surface area is 179 Å². The Bertz CT molecular complexity index is 1380. The van der Waals surface area contributed by atoms with Crippen molar-refractivity contribution in [3.05, 3.63) is 110 Å². The average molecular weight is 464 g/mol. The van der Waals surface area contributed by atoms with E-state index in [9.17, 15) is 14.0 Å². The molecule has 1 unspecified atom stereocenters. The van der Waals surface area contributed by atoms with Crippen LogP contribution in [0.4, 0.5) is 10.1 Å². The Hall–Kier alpha value is -3.25. The predicted molar refractivity (Wildman–Crippen MR) is 116 cm³/mol. The van der Waals surface area contributed by atoms with Gasteiger partial charge in [-0.25, -0.2) is 4.39 Å². The van der Waals surface area contributed by atoms with Crippen LogP contribution in [-0.4, -0.2) is 5.91 Å². The van der Waals surface area contributed by atoms with Crippen LogP contribution in [0.5, 0.6) is 0 Å². The van der Waals surface area contributed by atoms with Gasteiger partial charge in [-0.15, -0.1) is 0 Å². The number of aryl methyl sites for hydroxylation is 1. The van der Waals surface area contributed by atoms with E-state index in [2.05, 4.69) is 15.9 Å². The van der Waals surface area contributed by atoms with Gasteiger partial charge in [-0.2, -0.15) is 0 Å². The standard InChI is InChI=1S/C24H15BrFNO3/c1-13-3-2-4-17(11-13)27-21(14-5-8-16(26)9-6-14)20-22(28)18-12-15(25)7-10-19(18)30-23(20)24(27)29/h2-12,21H,1H3. The molecule has 1 aliphatic heterocycles. The number of halogens is 2. The van der Waals surface area contributed by atoms with Gasteiger partial charge in [0.05, 0.1) is 17.0 Å². The van der Waals surface area contributed by atoms with Gasteiger partial charge in [0.15, 0.2) is 5.43 Å². The molecule has 3 aromatic carbocycles. The molecule has 0 N–H and O–H groups in total. The van der Waals surface area contributed by atoms with Crippen molar-refractivity contribution in [3.8, 4) is 0 Å². The second-order valence-corrected chi connectivity index (χ2v) is 8.20. The number of hydrogen-bond donors (Lipinski definition) is 0. The molecule has 6 heteroatoms. The Kier molecular flexibility index (Phi) is 4.33. The third-order valence-electron chi connectivity index (χ3n) is 5.30. The van der Waals surface area contributed by atoms with E-state index in [1.54, 1.807) is 35.2 Å². The number of hydrogen-bond acceptors (Lipinski definition) is 3. The molecule has 4 aromatic rings. The molecule has 0 fully saturated rings. The van der Waals surface area contributed by atoms with Crippen molar-refractivity contribution in [2.24, 2.45) is 0 Å². The second-order valence-electron chi connectivity index (χ2n) is 7.28. The fourth-order valence-corrected chi connectivity index (χ4v) is 4.31. The first-order valence-electron chi connectivity index (χ1n) is 9.36. The van der Waals surface area contributed by atoms with E-state index in [-0.39, 0.29) is 22.6 Å². The summed E-state index contributed by atoms with van der Waals surface area (Å²) in [5.41, 5.74) is 2.59. The average Bonchev–Trinajstić information content (AvgIpc) is 3.02. The van der Waals surface area contributed by atoms with Gasteiger partial charge in [0.1, 0.15) is 11.4 Å². The highest BCUT2D eigenvalue weighted by Gasteiger charge is 2.43. The van der Waals surface area contributed by atoms with Crippen LogP contribution in [0.2, 0.25) is 0 Å². The molecular weight excluding hydrogens is 449 g/mol. The van der Waals surface area contributed by atoms with Crippen LogP contribution in [0.25, 0.3) is 11.0 Å². The van der Waals surface area contributed by atoms with Crippen LogP contribution in [0.15, 0.2) is 80.4 Å². The topological polar surface area (TPSA) is 50.5 Å². The zero-order chi connectivity index (χ0) is 21.0. The fourth-order valence-electron chi connectivity index (χ4n) is 3.95. The lowest BCUT2D eigenvalue weighted by atomic mass is 9.98. The van der Waals surface area contributed by atoms with Crippen LogP contribution in [0.3, 0.4) is 0 Å². The van der Waals surface area contributed by atoms with Crippen LogP contribution >= 0.6 is 15.9 Å². The van der Waals surface area contributed by atoms with Gasteiger partial charge < -0.3 is 4.42 Å². The number of carbonyl (C=O) groups is 1. The third-order valence-corrected chi connectivity index (χ3v) is 5.79. The maximum atomic E-state index is 13.6. The molecule has 1 amide bonds. The zero-order valence-corrected chi connectivity index (χ0v) is 17.4. The molecule has 2 heterocycles. The van der Waals surface area contributed by atoms with Crippen LogP contribution < -0.4 is 10.3 Å². The van der Waals surface area contributed by atoms with Gasteiger partial charge in [-0.05, 0) is 60.5 Å². The minimum atomic E-state index is -0.713. The number of carbonyl (C=O) groups excluding carboxylic acids is 1. The van der Waals surface area contributed by atoms with E-state index in [1.165, 1.54) is 12.1 Å². The first kappa shape index (κ1) is 18.8. The van der Waals surface area contributed by atoms with Crippen LogP contribution in [0, 0.1) is 12.7 Å². The van der Waals surface area contributed by atoms with Gasteiger partial charge in [0.2, 0.25) is 5.76 Å². The van der Waals surface area contributed by atoms with Gasteiger partial charge in [-0.1, -0.05) is 40.2 Å². The number of fused-ring (bicyclic) bond motifs is 2. The number of rotatable bonds is 2. The van der Waals surface area contributed by atoms with Crippen LogP contribution in [-0.2, 0) is 0 Å². The Morgan fingerprint density at radius 3 is 2.50 bits per heavy atom. The molecule has 0 radical (unpaired) electrons. The highest BCUT2D eigenvalue weighted by molar-refractivity contribution is 9.10. The predicted octanol–water partition coefficient (Wildman–Crippen LogP) is 5.75. The van der Waals surface area contributed by atoms with E-state index in [0.29, 0.717) is 22.2 Å². The summed E-state index contributed by atoms with van der Waals surface area (Å²) in [6, 6.07) is 17.7. The summed E-state index contributed by atoms with van der Waals surface area (Å²) in [6.07, 6.45) is 0. The lowest BCUT2D eigenvalue weighted by Crippen LogP contribution is -2.29. The molecule has 1 atom stereocenters. The molecule has 0 spiro atoms. The van der Waals surface area contributed by atoms with Crippen molar-refractivity contribution >= 4 is 38.5 Å². The van der Waals surface area contributed by atoms with E-state index >= 15 is 0 Å². The summed E-state index contributed by atoms with van der Waals surface area (Å²) in [5.74, 6) is -0.766. The van der Waals surface area contributed by atoms with Gasteiger partial charge >= 0.3 is 0 Å². The highest BCUT2D eigenvalue weighted by Crippen LogP contribution is 2.41. The Balaban J connectivity index is 1.83. The summed E-state index contributed by atoms with van der Waals surface area (Å²) < 4.78 is 20.2. The molecule has 0 bridgehead atoms. The summed E-state index contributed by atoms with van der Waals surface area (Å²) >= 11 is 3.38. The first-order chi connectivity index (χ1) is 14.4. The van der Waals surface area contributed by atoms with Crippen molar-refractivity contribution in [2.75, 3.05) is 4.90 Å². The summed E-state index contributed by atoms with van der Waals surface area (Å²) in [6.45, 7) is 1.93. The van der Waals surface area contributed by atoms with Crippen molar-refractivity contribution in [3.63, 3.8) is 0 Å². The van der Waals surface area contributed by atoms with E-state index in [1.807, 2.05) is 31.2 Å². The highest BCUT2D eigenvalue weighted by atomic mass is 79.9. The minimum absolute atomic E-state index is 0.0191. The first-order valence-corrected chi connectivity index (χ1v) is 10.2. The molecule has 0 saturated carbocycles. The molecule has 30 heavy (non-hydrogen) atoms. The molecule has 1 aliphatic rings. The van der Waals surface area contributed by atoms with E-state index in [0.717, 1.165) is 10.0 Å². The van der Waals surface area contributed by atoms with Crippen LogP contribution in [0.1, 0.15) is 33.3 Å². The third kappa shape index (κ3) is 2.87. The zero-order valence-electron chi connectivity index (χ0n) is 15.9. The molecule has 148 valence electrons. The molecular formula is C24H15BrFNO3. The molecule has 4 nitrogen and oxygen atoms in total. The van der Waals surface area contributed by atoms with Gasteiger partial charge in [-0.3, -0.25) is 14.5 Å². The molecule has 5 rings (SSSR count). The summed E-state index contributed by atoms with van der Waals surface area (Å²) in [4.78, 5) is 28.5. The molecule has 0 saturated heterocycles. The Morgan fingerprint density at radius 1 is 1.00 bits per heavy atom. The SMILES string of the molecule is Cc1cccc(N2C(=O)c3oc4ccc(Br)cc4c(=O)c3C2c2ccc(F)cc2)c1. The Morgan fingerprint density at radius 2 is 1.77 bits per heavy atom. The largest absolute Gasteiger partial charge is 0.450 e. The maximum Gasteiger partial charge on any atom is 0.295 e. The van der Waals surface area contributed by atoms with Crippen molar-refractivity contribution in [1.82, 2.24) is 0 Å².